The number of hydrogen-bond donors (Lipinski definition) is 1. The summed E-state index contributed by atoms with van der Waals surface area (Å²) in [6.07, 6.45) is 4.32. The summed E-state index contributed by atoms with van der Waals surface area (Å²) in [6, 6.07) is 8.14. The van der Waals surface area contributed by atoms with Gasteiger partial charge in [-0.15, -0.1) is 0 Å². The zero-order valence-corrected chi connectivity index (χ0v) is 12.4. The quantitative estimate of drug-likeness (QED) is 0.931. The Bertz CT molecular complexity index is 509. The second kappa shape index (κ2) is 5.87. The number of nitrogens with two attached hydrogens (primary N) is 1. The van der Waals surface area contributed by atoms with Crippen molar-refractivity contribution in [3.8, 4) is 0 Å². The van der Waals surface area contributed by atoms with Gasteiger partial charge in [-0.2, -0.15) is 5.10 Å². The largest absolute Gasteiger partial charge is 0.326 e. The Morgan fingerprint density at radius 2 is 2.06 bits per heavy atom. The van der Waals surface area contributed by atoms with E-state index >= 15 is 0 Å². The molecule has 0 saturated carbocycles. The third-order valence-corrected chi connectivity index (χ3v) is 3.67. The molecule has 2 atom stereocenters. The summed E-state index contributed by atoms with van der Waals surface area (Å²) in [4.78, 5) is 0. The predicted octanol–water partition coefficient (Wildman–Crippen LogP) is 3.63. The van der Waals surface area contributed by atoms with Crippen molar-refractivity contribution < 1.29 is 0 Å². The molecule has 0 aliphatic rings. The second-order valence-corrected chi connectivity index (χ2v) is 5.56. The van der Waals surface area contributed by atoms with Crippen molar-refractivity contribution in [1.29, 1.82) is 0 Å². The molecule has 5 heteroatoms. The van der Waals surface area contributed by atoms with Crippen molar-refractivity contribution in [3.05, 3.63) is 51.7 Å². The molecule has 2 N–H and O–H groups in total. The molecule has 2 aromatic rings. The van der Waals surface area contributed by atoms with E-state index in [1.54, 1.807) is 6.20 Å². The molecule has 0 fully saturated rings. The maximum Gasteiger partial charge on any atom is 0.0919 e. The fourth-order valence-corrected chi connectivity index (χ4v) is 2.35. The molecule has 2 unspecified atom stereocenters. The van der Waals surface area contributed by atoms with Crippen LogP contribution in [0.5, 0.6) is 0 Å². The van der Waals surface area contributed by atoms with E-state index in [0.29, 0.717) is 5.02 Å². The normalized spacial score (nSPS) is 14.4. The Kier molecular flexibility index (Phi) is 4.43. The maximum absolute atomic E-state index is 6.21. The molecule has 0 radical (unpaired) electrons. The molecule has 1 aromatic heterocycles. The Hall–Kier alpha value is -0.840. The second-order valence-electron chi connectivity index (χ2n) is 4.21. The van der Waals surface area contributed by atoms with Gasteiger partial charge in [-0.25, -0.2) is 0 Å². The van der Waals surface area contributed by atoms with Gasteiger partial charge in [0.05, 0.1) is 17.3 Å². The number of nitrogens with zero attached hydrogens (tertiary/aromatic N) is 2. The predicted molar refractivity (Wildman–Crippen MR) is 77.8 cm³/mol. The Morgan fingerprint density at radius 1 is 1.39 bits per heavy atom. The number of hydrogen-bond acceptors (Lipinski definition) is 2. The van der Waals surface area contributed by atoms with Gasteiger partial charge in [0.25, 0.3) is 0 Å². The molecule has 2 rings (SSSR count). The van der Waals surface area contributed by atoms with Crippen LogP contribution in [0.2, 0.25) is 5.02 Å². The van der Waals surface area contributed by atoms with Crippen LogP contribution < -0.4 is 5.73 Å². The Labute approximate surface area is 120 Å². The van der Waals surface area contributed by atoms with E-state index in [9.17, 15) is 0 Å². The molecule has 0 amide bonds. The van der Waals surface area contributed by atoms with Gasteiger partial charge in [-0.3, -0.25) is 4.68 Å². The molecule has 0 aliphatic heterocycles. The SMILES string of the molecule is CCC(N)C(c1ccc(Br)cc1)n1cc(Cl)cn1. The van der Waals surface area contributed by atoms with E-state index in [-0.39, 0.29) is 12.1 Å². The molecule has 96 valence electrons. The van der Waals surface area contributed by atoms with Crippen molar-refractivity contribution in [2.24, 2.45) is 5.73 Å². The molecule has 0 aliphatic carbocycles. The highest BCUT2D eigenvalue weighted by Crippen LogP contribution is 2.25. The van der Waals surface area contributed by atoms with E-state index in [1.807, 2.05) is 23.0 Å². The Morgan fingerprint density at radius 3 is 2.56 bits per heavy atom. The summed E-state index contributed by atoms with van der Waals surface area (Å²) in [5, 5.41) is 4.90. The van der Waals surface area contributed by atoms with Crippen LogP contribution in [0.1, 0.15) is 24.9 Å². The fraction of sp³-hybridized carbons (Fsp3) is 0.308. The smallest absolute Gasteiger partial charge is 0.0919 e. The van der Waals surface area contributed by atoms with Crippen LogP contribution in [-0.2, 0) is 0 Å². The zero-order valence-electron chi connectivity index (χ0n) is 10.1. The van der Waals surface area contributed by atoms with Crippen LogP contribution in [0.25, 0.3) is 0 Å². The Balaban J connectivity index is 2.39. The lowest BCUT2D eigenvalue weighted by atomic mass is 9.98. The van der Waals surface area contributed by atoms with Crippen LogP contribution in [0.4, 0.5) is 0 Å². The van der Waals surface area contributed by atoms with E-state index in [4.69, 9.17) is 17.3 Å². The van der Waals surface area contributed by atoms with E-state index in [0.717, 1.165) is 16.5 Å². The summed E-state index contributed by atoms with van der Waals surface area (Å²) in [6.45, 7) is 2.07. The van der Waals surface area contributed by atoms with Crippen molar-refractivity contribution in [2.45, 2.75) is 25.4 Å². The first-order chi connectivity index (χ1) is 8.61. The van der Waals surface area contributed by atoms with Crippen molar-refractivity contribution in [1.82, 2.24) is 9.78 Å². The molecular formula is C13H15BrClN3. The van der Waals surface area contributed by atoms with Crippen LogP contribution in [0.3, 0.4) is 0 Å². The minimum Gasteiger partial charge on any atom is -0.326 e. The first-order valence-corrected chi connectivity index (χ1v) is 6.99. The van der Waals surface area contributed by atoms with Crippen molar-refractivity contribution in [2.75, 3.05) is 0 Å². The lowest BCUT2D eigenvalue weighted by Gasteiger charge is -2.24. The van der Waals surface area contributed by atoms with Gasteiger partial charge in [0, 0.05) is 16.7 Å². The minimum absolute atomic E-state index is 0.00198. The molecule has 0 bridgehead atoms. The van der Waals surface area contributed by atoms with E-state index in [1.165, 1.54) is 0 Å². The average molecular weight is 329 g/mol. The molecule has 0 saturated heterocycles. The summed E-state index contributed by atoms with van der Waals surface area (Å²) in [5.74, 6) is 0. The van der Waals surface area contributed by atoms with Crippen molar-refractivity contribution in [3.63, 3.8) is 0 Å². The summed E-state index contributed by atoms with van der Waals surface area (Å²) >= 11 is 9.37. The third kappa shape index (κ3) is 2.94. The molecule has 1 heterocycles. The standard InChI is InChI=1S/C13H15BrClN3/c1-2-12(16)13(18-8-11(15)7-17-18)9-3-5-10(14)6-4-9/h3-8,12-13H,2,16H2,1H3. The lowest BCUT2D eigenvalue weighted by Crippen LogP contribution is -2.32. The number of benzene rings is 1. The summed E-state index contributed by atoms with van der Waals surface area (Å²) < 4.78 is 2.88. The van der Waals surface area contributed by atoms with Gasteiger partial charge in [0.1, 0.15) is 0 Å². The van der Waals surface area contributed by atoms with Gasteiger partial charge in [-0.1, -0.05) is 46.6 Å². The van der Waals surface area contributed by atoms with E-state index in [2.05, 4.69) is 40.1 Å². The van der Waals surface area contributed by atoms with Gasteiger partial charge in [0.2, 0.25) is 0 Å². The fourth-order valence-electron chi connectivity index (χ4n) is 1.95. The molecular weight excluding hydrogens is 314 g/mol. The van der Waals surface area contributed by atoms with Gasteiger partial charge >= 0.3 is 0 Å². The highest BCUT2D eigenvalue weighted by molar-refractivity contribution is 9.10. The minimum atomic E-state index is 0.00198. The van der Waals surface area contributed by atoms with Crippen LogP contribution in [-0.4, -0.2) is 15.8 Å². The van der Waals surface area contributed by atoms with E-state index < -0.39 is 0 Å². The van der Waals surface area contributed by atoms with Crippen LogP contribution in [0.15, 0.2) is 41.1 Å². The molecule has 3 nitrogen and oxygen atoms in total. The van der Waals surface area contributed by atoms with Crippen LogP contribution in [0, 0.1) is 0 Å². The number of halogens is 2. The monoisotopic (exact) mass is 327 g/mol. The van der Waals surface area contributed by atoms with Crippen molar-refractivity contribution >= 4 is 27.5 Å². The highest BCUT2D eigenvalue weighted by atomic mass is 79.9. The number of rotatable bonds is 4. The molecule has 18 heavy (non-hydrogen) atoms. The number of aromatic nitrogens is 2. The first-order valence-electron chi connectivity index (χ1n) is 5.82. The molecule has 1 aromatic carbocycles. The lowest BCUT2D eigenvalue weighted by molar-refractivity contribution is 0.424. The topological polar surface area (TPSA) is 43.8 Å². The zero-order chi connectivity index (χ0) is 13.1. The average Bonchev–Trinajstić information content (AvgIpc) is 2.78. The maximum atomic E-state index is 6.21. The summed E-state index contributed by atoms with van der Waals surface area (Å²) in [5.41, 5.74) is 7.34. The van der Waals surface area contributed by atoms with Gasteiger partial charge in [-0.05, 0) is 24.1 Å². The first kappa shape index (κ1) is 13.6. The third-order valence-electron chi connectivity index (χ3n) is 2.94. The van der Waals surface area contributed by atoms with Gasteiger partial charge < -0.3 is 5.73 Å². The van der Waals surface area contributed by atoms with Crippen LogP contribution >= 0.6 is 27.5 Å². The molecule has 0 spiro atoms. The van der Waals surface area contributed by atoms with Gasteiger partial charge in [0.15, 0.2) is 0 Å². The highest BCUT2D eigenvalue weighted by Gasteiger charge is 2.21. The summed E-state index contributed by atoms with van der Waals surface area (Å²) in [7, 11) is 0.